The van der Waals surface area contributed by atoms with Gasteiger partial charge in [-0.15, -0.1) is 0 Å². The predicted octanol–water partition coefficient (Wildman–Crippen LogP) is 2.53. The number of hydrogen-bond donors (Lipinski definition) is 1. The molecule has 2 aromatic carbocycles. The SMILES string of the molecule is CCn1nc(C)c2c1c(=O)n(Cc1ccc(F)cc1)c(=O)n2CC(=O)Nc1cc(OC)ccc1OC. The highest BCUT2D eigenvalue weighted by Gasteiger charge is 2.22. The van der Waals surface area contributed by atoms with Gasteiger partial charge < -0.3 is 14.8 Å². The van der Waals surface area contributed by atoms with Crippen LogP contribution in [0, 0.1) is 12.7 Å². The van der Waals surface area contributed by atoms with Crippen molar-refractivity contribution in [2.75, 3.05) is 19.5 Å². The molecule has 0 saturated carbocycles. The number of halogens is 1. The maximum Gasteiger partial charge on any atom is 0.332 e. The van der Waals surface area contributed by atoms with Crippen LogP contribution in [-0.2, 0) is 24.4 Å². The molecule has 0 spiro atoms. The number of benzene rings is 2. The van der Waals surface area contributed by atoms with Crippen LogP contribution in [0.4, 0.5) is 10.1 Å². The Morgan fingerprint density at radius 2 is 1.75 bits per heavy atom. The minimum atomic E-state index is -0.677. The van der Waals surface area contributed by atoms with Crippen LogP contribution in [0.2, 0.25) is 0 Å². The molecule has 0 unspecified atom stereocenters. The number of nitrogens with zero attached hydrogens (tertiary/aromatic N) is 4. The largest absolute Gasteiger partial charge is 0.497 e. The van der Waals surface area contributed by atoms with Crippen molar-refractivity contribution in [3.05, 3.63) is 80.4 Å². The lowest BCUT2D eigenvalue weighted by molar-refractivity contribution is -0.116. The van der Waals surface area contributed by atoms with Crippen molar-refractivity contribution >= 4 is 22.6 Å². The summed E-state index contributed by atoms with van der Waals surface area (Å²) in [6, 6.07) is 10.5. The van der Waals surface area contributed by atoms with Crippen LogP contribution in [0.3, 0.4) is 0 Å². The summed E-state index contributed by atoms with van der Waals surface area (Å²) in [6.07, 6.45) is 0. The minimum Gasteiger partial charge on any atom is -0.497 e. The van der Waals surface area contributed by atoms with E-state index >= 15 is 0 Å². The van der Waals surface area contributed by atoms with Crippen LogP contribution >= 0.6 is 0 Å². The zero-order chi connectivity index (χ0) is 26.0. The van der Waals surface area contributed by atoms with Gasteiger partial charge in [-0.1, -0.05) is 12.1 Å². The van der Waals surface area contributed by atoms with Crippen molar-refractivity contribution in [2.24, 2.45) is 0 Å². The maximum absolute atomic E-state index is 13.5. The van der Waals surface area contributed by atoms with E-state index in [4.69, 9.17) is 9.47 Å². The molecule has 2 heterocycles. The highest BCUT2D eigenvalue weighted by Crippen LogP contribution is 2.29. The van der Waals surface area contributed by atoms with E-state index in [0.717, 1.165) is 4.57 Å². The molecule has 0 saturated heterocycles. The van der Waals surface area contributed by atoms with Gasteiger partial charge in [0.2, 0.25) is 5.91 Å². The summed E-state index contributed by atoms with van der Waals surface area (Å²) in [6.45, 7) is 3.42. The smallest absolute Gasteiger partial charge is 0.332 e. The third kappa shape index (κ3) is 4.59. The second-order valence-electron chi connectivity index (χ2n) is 8.10. The highest BCUT2D eigenvalue weighted by molar-refractivity contribution is 5.93. The van der Waals surface area contributed by atoms with E-state index in [-0.39, 0.29) is 24.1 Å². The lowest BCUT2D eigenvalue weighted by Crippen LogP contribution is -2.42. The van der Waals surface area contributed by atoms with Gasteiger partial charge in [-0.3, -0.25) is 23.4 Å². The zero-order valence-corrected chi connectivity index (χ0v) is 20.4. The monoisotopic (exact) mass is 495 g/mol. The Balaban J connectivity index is 1.81. The predicted molar refractivity (Wildman–Crippen MR) is 132 cm³/mol. The standard InChI is InChI=1S/C25H26FN5O5/c1-5-31-23-22(15(2)28-31)29(14-21(32)27-19-12-18(35-3)10-11-20(19)36-4)25(34)30(24(23)33)13-16-6-8-17(26)9-7-16/h6-12H,5,13-14H2,1-4H3,(H,27,32). The van der Waals surface area contributed by atoms with E-state index in [0.29, 0.717) is 35.0 Å². The fourth-order valence-electron chi connectivity index (χ4n) is 4.10. The molecule has 4 rings (SSSR count). The summed E-state index contributed by atoms with van der Waals surface area (Å²) in [7, 11) is 2.97. The highest BCUT2D eigenvalue weighted by atomic mass is 19.1. The zero-order valence-electron chi connectivity index (χ0n) is 20.4. The second kappa shape index (κ2) is 10.1. The second-order valence-corrected chi connectivity index (χ2v) is 8.10. The summed E-state index contributed by atoms with van der Waals surface area (Å²) in [5.74, 6) is -0.0136. The Morgan fingerprint density at radius 3 is 2.39 bits per heavy atom. The summed E-state index contributed by atoms with van der Waals surface area (Å²) in [4.78, 5) is 40.0. The molecule has 36 heavy (non-hydrogen) atoms. The van der Waals surface area contributed by atoms with Crippen LogP contribution in [0.15, 0.2) is 52.1 Å². The van der Waals surface area contributed by atoms with Crippen LogP contribution in [-0.4, -0.2) is 39.0 Å². The van der Waals surface area contributed by atoms with Crippen molar-refractivity contribution < 1.29 is 18.7 Å². The first-order chi connectivity index (χ1) is 17.3. The molecule has 0 atom stereocenters. The van der Waals surface area contributed by atoms with Crippen LogP contribution < -0.4 is 26.0 Å². The van der Waals surface area contributed by atoms with E-state index in [1.54, 1.807) is 25.1 Å². The van der Waals surface area contributed by atoms with Gasteiger partial charge in [-0.2, -0.15) is 5.10 Å². The average Bonchev–Trinajstić information content (AvgIpc) is 3.21. The number of ether oxygens (including phenoxy) is 2. The molecule has 0 aliphatic heterocycles. The van der Waals surface area contributed by atoms with E-state index < -0.39 is 23.0 Å². The Morgan fingerprint density at radius 1 is 1.03 bits per heavy atom. The molecule has 4 aromatic rings. The molecule has 0 radical (unpaired) electrons. The minimum absolute atomic E-state index is 0.0901. The Kier molecular flexibility index (Phi) is 6.91. The number of hydrogen-bond acceptors (Lipinski definition) is 6. The van der Waals surface area contributed by atoms with Crippen LogP contribution in [0.25, 0.3) is 11.0 Å². The molecule has 0 aliphatic rings. The molecule has 2 aromatic heterocycles. The first-order valence-electron chi connectivity index (χ1n) is 11.2. The van der Waals surface area contributed by atoms with E-state index in [1.807, 2.05) is 6.92 Å². The summed E-state index contributed by atoms with van der Waals surface area (Å²) < 4.78 is 27.7. The lowest BCUT2D eigenvalue weighted by atomic mass is 10.2. The topological polar surface area (TPSA) is 109 Å². The van der Waals surface area contributed by atoms with Gasteiger partial charge in [0, 0.05) is 12.6 Å². The number of aryl methyl sites for hydroxylation is 2. The quantitative estimate of drug-likeness (QED) is 0.402. The Hall–Kier alpha value is -4.41. The fraction of sp³-hybridized carbons (Fsp3) is 0.280. The van der Waals surface area contributed by atoms with E-state index in [2.05, 4.69) is 10.4 Å². The molecule has 1 N–H and O–H groups in total. The van der Waals surface area contributed by atoms with Gasteiger partial charge >= 0.3 is 5.69 Å². The number of aromatic nitrogens is 4. The van der Waals surface area contributed by atoms with Gasteiger partial charge in [0.1, 0.15) is 29.4 Å². The summed E-state index contributed by atoms with van der Waals surface area (Å²) in [5, 5.41) is 7.14. The normalized spacial score (nSPS) is 11.0. The van der Waals surface area contributed by atoms with Crippen LogP contribution in [0.5, 0.6) is 11.5 Å². The molecule has 0 aliphatic carbocycles. The fourth-order valence-corrected chi connectivity index (χ4v) is 4.10. The third-order valence-corrected chi connectivity index (χ3v) is 5.81. The van der Waals surface area contributed by atoms with E-state index in [9.17, 15) is 18.8 Å². The van der Waals surface area contributed by atoms with Crippen molar-refractivity contribution in [3.63, 3.8) is 0 Å². The molecule has 188 valence electrons. The van der Waals surface area contributed by atoms with E-state index in [1.165, 1.54) is 47.7 Å². The van der Waals surface area contributed by atoms with Gasteiger partial charge in [0.05, 0.1) is 32.1 Å². The van der Waals surface area contributed by atoms with Gasteiger partial charge in [-0.05, 0) is 43.7 Å². The number of carbonyl (C=O) groups excluding carboxylic acids is 1. The average molecular weight is 496 g/mol. The third-order valence-electron chi connectivity index (χ3n) is 5.81. The van der Waals surface area contributed by atoms with Gasteiger partial charge in [-0.25, -0.2) is 9.18 Å². The summed E-state index contributed by atoms with van der Waals surface area (Å²) >= 11 is 0. The van der Waals surface area contributed by atoms with Crippen LogP contribution in [0.1, 0.15) is 18.2 Å². The first-order valence-corrected chi connectivity index (χ1v) is 11.2. The van der Waals surface area contributed by atoms with Crippen molar-refractivity contribution in [2.45, 2.75) is 33.5 Å². The molecular weight excluding hydrogens is 469 g/mol. The van der Waals surface area contributed by atoms with Crippen molar-refractivity contribution in [1.82, 2.24) is 18.9 Å². The lowest BCUT2D eigenvalue weighted by Gasteiger charge is -2.15. The molecule has 11 heteroatoms. The Labute approximate surface area is 205 Å². The Bertz CT molecular complexity index is 1550. The maximum atomic E-state index is 13.5. The molecule has 0 bridgehead atoms. The first kappa shape index (κ1) is 24.7. The molecule has 1 amide bonds. The number of rotatable bonds is 8. The van der Waals surface area contributed by atoms with Crippen molar-refractivity contribution in [1.29, 1.82) is 0 Å². The number of methoxy groups -OCH3 is 2. The number of nitrogens with one attached hydrogen (secondary N) is 1. The number of anilines is 1. The number of fused-ring (bicyclic) bond motifs is 1. The van der Waals surface area contributed by atoms with Gasteiger partial charge in [0.15, 0.2) is 5.52 Å². The van der Waals surface area contributed by atoms with Gasteiger partial charge in [0.25, 0.3) is 5.56 Å². The molecule has 10 nitrogen and oxygen atoms in total. The molecular formula is C25H26FN5O5. The number of amides is 1. The number of carbonyl (C=O) groups is 1. The van der Waals surface area contributed by atoms with Crippen molar-refractivity contribution in [3.8, 4) is 11.5 Å². The molecule has 0 fully saturated rings. The summed E-state index contributed by atoms with van der Waals surface area (Å²) in [5.41, 5.74) is 0.662.